The molecule has 1 aromatic rings. The molecule has 1 heterocycles. The van der Waals surface area contributed by atoms with Gasteiger partial charge in [-0.3, -0.25) is 4.79 Å². The molecule has 0 spiro atoms. The van der Waals surface area contributed by atoms with Gasteiger partial charge < -0.3 is 10.6 Å². The molecule has 1 fully saturated rings. The fraction of sp³-hybridized carbons (Fsp3) is 0.579. The Morgan fingerprint density at radius 3 is 2.80 bits per heavy atom. The summed E-state index contributed by atoms with van der Waals surface area (Å²) in [4.78, 5) is 13.9. The van der Waals surface area contributed by atoms with Gasteiger partial charge in [0.15, 0.2) is 0 Å². The number of rotatable bonds is 7. The van der Waals surface area contributed by atoms with E-state index in [1.165, 1.54) is 10.5 Å². The van der Waals surface area contributed by atoms with Crippen molar-refractivity contribution < 1.29 is 9.18 Å². The monoisotopic (exact) mass is 363 g/mol. The zero-order valence-corrected chi connectivity index (χ0v) is 15.6. The molecule has 1 aliphatic heterocycles. The van der Waals surface area contributed by atoms with Crippen molar-refractivity contribution in [2.24, 2.45) is 5.73 Å². The lowest BCUT2D eigenvalue weighted by atomic mass is 10.0. The third-order valence-corrected chi connectivity index (χ3v) is 6.11. The first-order chi connectivity index (χ1) is 11.8. The summed E-state index contributed by atoms with van der Waals surface area (Å²) in [5, 5.41) is 9.11. The fourth-order valence-electron chi connectivity index (χ4n) is 2.97. The minimum absolute atomic E-state index is 0.0283. The Morgan fingerprint density at radius 2 is 2.16 bits per heavy atom. The highest BCUT2D eigenvalue weighted by Gasteiger charge is 2.41. The average Bonchev–Trinajstić information content (AvgIpc) is 2.99. The maximum atomic E-state index is 13.5. The lowest BCUT2D eigenvalue weighted by molar-refractivity contribution is -0.133. The van der Waals surface area contributed by atoms with Crippen LogP contribution in [0.25, 0.3) is 0 Å². The summed E-state index contributed by atoms with van der Waals surface area (Å²) in [6, 6.07) is 10.8. The molecule has 25 heavy (non-hydrogen) atoms. The minimum atomic E-state index is -1.14. The van der Waals surface area contributed by atoms with Crippen LogP contribution in [-0.4, -0.2) is 46.1 Å². The molecule has 136 valence electrons. The van der Waals surface area contributed by atoms with Crippen molar-refractivity contribution in [1.82, 2.24) is 4.90 Å². The number of alkyl halides is 1. The SMILES string of the molecule is CC(C)(SCCCc1ccccc1)[C@H](N)C(=O)N1C[C@@H](F)C[C@H]1C#N. The number of amides is 1. The molecular formula is C19H26FN3OS. The summed E-state index contributed by atoms with van der Waals surface area (Å²) in [6.45, 7) is 3.85. The van der Waals surface area contributed by atoms with E-state index in [0.717, 1.165) is 18.6 Å². The van der Waals surface area contributed by atoms with Crippen LogP contribution in [0.4, 0.5) is 4.39 Å². The highest BCUT2D eigenvalue weighted by molar-refractivity contribution is 8.00. The number of carbonyl (C=O) groups is 1. The van der Waals surface area contributed by atoms with Gasteiger partial charge in [-0.1, -0.05) is 30.3 Å². The van der Waals surface area contributed by atoms with Gasteiger partial charge in [0.25, 0.3) is 0 Å². The Kier molecular flexibility index (Phi) is 6.86. The van der Waals surface area contributed by atoms with E-state index in [2.05, 4.69) is 12.1 Å². The van der Waals surface area contributed by atoms with Crippen LogP contribution in [0.5, 0.6) is 0 Å². The van der Waals surface area contributed by atoms with Crippen LogP contribution in [0.2, 0.25) is 0 Å². The molecule has 0 saturated carbocycles. The molecule has 1 aliphatic rings. The molecule has 0 radical (unpaired) electrons. The maximum absolute atomic E-state index is 13.5. The number of nitrogens with zero attached hydrogens (tertiary/aromatic N) is 2. The average molecular weight is 364 g/mol. The van der Waals surface area contributed by atoms with Crippen molar-refractivity contribution in [3.8, 4) is 6.07 Å². The maximum Gasteiger partial charge on any atom is 0.242 e. The predicted octanol–water partition coefficient (Wildman–Crippen LogP) is 2.92. The van der Waals surface area contributed by atoms with Gasteiger partial charge in [-0.15, -0.1) is 0 Å². The Balaban J connectivity index is 1.85. The van der Waals surface area contributed by atoms with Crippen LogP contribution in [-0.2, 0) is 11.2 Å². The second kappa shape index (κ2) is 8.68. The quantitative estimate of drug-likeness (QED) is 0.756. The number of thioether (sulfide) groups is 1. The Labute approximate surface area is 153 Å². The summed E-state index contributed by atoms with van der Waals surface area (Å²) in [5.41, 5.74) is 7.48. The Bertz CT molecular complexity index is 617. The normalized spacial score (nSPS) is 21.8. The number of hydrogen-bond acceptors (Lipinski definition) is 4. The van der Waals surface area contributed by atoms with Gasteiger partial charge in [0.2, 0.25) is 5.91 Å². The third-order valence-electron chi connectivity index (χ3n) is 4.62. The van der Waals surface area contributed by atoms with Crippen LogP contribution in [0.15, 0.2) is 30.3 Å². The van der Waals surface area contributed by atoms with Gasteiger partial charge in [-0.05, 0) is 38.0 Å². The number of hydrogen-bond donors (Lipinski definition) is 1. The number of nitriles is 1. The highest BCUT2D eigenvalue weighted by Crippen LogP contribution is 2.31. The van der Waals surface area contributed by atoms with Crippen molar-refractivity contribution in [2.45, 2.75) is 56.1 Å². The third kappa shape index (κ3) is 5.20. The highest BCUT2D eigenvalue weighted by atomic mass is 32.2. The molecule has 2 rings (SSSR count). The molecule has 0 aliphatic carbocycles. The van der Waals surface area contributed by atoms with Gasteiger partial charge in [-0.25, -0.2) is 4.39 Å². The van der Waals surface area contributed by atoms with E-state index in [1.807, 2.05) is 38.1 Å². The lowest BCUT2D eigenvalue weighted by Crippen LogP contribution is -2.54. The summed E-state index contributed by atoms with van der Waals surface area (Å²) in [5.74, 6) is 0.559. The second-order valence-corrected chi connectivity index (χ2v) is 8.74. The van der Waals surface area contributed by atoms with Crippen molar-refractivity contribution in [3.63, 3.8) is 0 Å². The van der Waals surface area contributed by atoms with Gasteiger partial charge >= 0.3 is 0 Å². The summed E-state index contributed by atoms with van der Waals surface area (Å²) in [6.07, 6.45) is 0.928. The lowest BCUT2D eigenvalue weighted by Gasteiger charge is -2.33. The van der Waals surface area contributed by atoms with Crippen LogP contribution >= 0.6 is 11.8 Å². The molecular weight excluding hydrogens is 337 g/mol. The number of halogens is 1. The smallest absolute Gasteiger partial charge is 0.242 e. The molecule has 2 N–H and O–H groups in total. The van der Waals surface area contributed by atoms with E-state index < -0.39 is 23.0 Å². The van der Waals surface area contributed by atoms with E-state index in [1.54, 1.807) is 11.8 Å². The Morgan fingerprint density at radius 1 is 1.48 bits per heavy atom. The number of nitrogens with two attached hydrogens (primary N) is 1. The van der Waals surface area contributed by atoms with E-state index >= 15 is 0 Å². The van der Waals surface area contributed by atoms with E-state index in [0.29, 0.717) is 0 Å². The molecule has 0 unspecified atom stereocenters. The van der Waals surface area contributed by atoms with Gasteiger partial charge in [0.1, 0.15) is 12.2 Å². The standard InChI is InChI=1S/C19H26FN3OS/c1-19(2,25-10-6-9-14-7-4-3-5-8-14)17(22)18(24)23-13-15(20)11-16(23)12-21/h3-5,7-8,15-17H,6,9-11,13,22H2,1-2H3/t15-,16-,17+/m0/s1. The van der Waals surface area contributed by atoms with Crippen molar-refractivity contribution in [3.05, 3.63) is 35.9 Å². The van der Waals surface area contributed by atoms with Crippen molar-refractivity contribution >= 4 is 17.7 Å². The Hall–Kier alpha value is -1.58. The van der Waals surface area contributed by atoms with E-state index in [-0.39, 0.29) is 18.9 Å². The molecule has 6 heteroatoms. The van der Waals surface area contributed by atoms with Gasteiger partial charge in [0.05, 0.1) is 18.7 Å². The zero-order valence-electron chi connectivity index (χ0n) is 14.8. The largest absolute Gasteiger partial charge is 0.322 e. The molecule has 0 aromatic heterocycles. The van der Waals surface area contributed by atoms with E-state index in [4.69, 9.17) is 11.0 Å². The summed E-state index contributed by atoms with van der Waals surface area (Å²) in [7, 11) is 0. The molecule has 1 amide bonds. The molecule has 4 nitrogen and oxygen atoms in total. The van der Waals surface area contributed by atoms with Gasteiger partial charge in [-0.2, -0.15) is 17.0 Å². The molecule has 3 atom stereocenters. The number of carbonyl (C=O) groups excluding carboxylic acids is 1. The first-order valence-electron chi connectivity index (χ1n) is 8.63. The van der Waals surface area contributed by atoms with Gasteiger partial charge in [0, 0.05) is 11.2 Å². The zero-order chi connectivity index (χ0) is 18.4. The van der Waals surface area contributed by atoms with Crippen LogP contribution in [0, 0.1) is 11.3 Å². The second-order valence-electron chi connectivity index (χ2n) is 6.99. The minimum Gasteiger partial charge on any atom is -0.322 e. The first kappa shape index (κ1) is 19.7. The van der Waals surface area contributed by atoms with E-state index in [9.17, 15) is 9.18 Å². The summed E-state index contributed by atoms with van der Waals surface area (Å²) < 4.78 is 13.1. The number of likely N-dealkylation sites (tertiary alicyclic amines) is 1. The predicted molar refractivity (Wildman–Crippen MR) is 99.9 cm³/mol. The topological polar surface area (TPSA) is 70.1 Å². The van der Waals surface area contributed by atoms with Crippen molar-refractivity contribution in [2.75, 3.05) is 12.3 Å². The van der Waals surface area contributed by atoms with Crippen molar-refractivity contribution in [1.29, 1.82) is 5.26 Å². The molecule has 0 bridgehead atoms. The first-order valence-corrected chi connectivity index (χ1v) is 9.61. The van der Waals surface area contributed by atoms with Crippen LogP contribution < -0.4 is 5.73 Å². The van der Waals surface area contributed by atoms with Crippen LogP contribution in [0.1, 0.15) is 32.3 Å². The summed E-state index contributed by atoms with van der Waals surface area (Å²) >= 11 is 1.65. The van der Waals surface area contributed by atoms with Crippen LogP contribution in [0.3, 0.4) is 0 Å². The fourth-order valence-corrected chi connectivity index (χ4v) is 4.07. The number of aryl methyl sites for hydroxylation is 1. The number of benzene rings is 1. The molecule has 1 saturated heterocycles. The molecule has 1 aromatic carbocycles.